The van der Waals surface area contributed by atoms with Crippen LogP contribution in [0.3, 0.4) is 0 Å². The molecule has 0 radical (unpaired) electrons. The average Bonchev–Trinajstić information content (AvgIpc) is 2.46. The highest BCUT2D eigenvalue weighted by Gasteiger charge is 2.58. The lowest BCUT2D eigenvalue weighted by atomic mass is 9.46. The minimum Gasteiger partial charge on any atom is -0.497 e. The van der Waals surface area contributed by atoms with Crippen LogP contribution in [0.4, 0.5) is 0 Å². The average molecular weight is 286 g/mol. The summed E-state index contributed by atoms with van der Waals surface area (Å²) in [4.78, 5) is 0. The molecule has 1 aromatic carbocycles. The first-order valence-corrected chi connectivity index (χ1v) is 8.45. The molecule has 4 aliphatic carbocycles. The molecule has 0 aliphatic heterocycles. The number of ether oxygens (including phenoxy) is 2. The molecule has 0 N–H and O–H groups in total. The van der Waals surface area contributed by atoms with Gasteiger partial charge >= 0.3 is 0 Å². The minimum absolute atomic E-state index is 0.179. The molecule has 0 spiro atoms. The molecule has 2 atom stereocenters. The van der Waals surface area contributed by atoms with Crippen LogP contribution in [0.15, 0.2) is 24.3 Å². The van der Waals surface area contributed by atoms with Crippen LogP contribution >= 0.6 is 0 Å². The molecule has 114 valence electrons. The molecular weight excluding hydrogens is 260 g/mol. The fourth-order valence-electron chi connectivity index (χ4n) is 5.94. The summed E-state index contributed by atoms with van der Waals surface area (Å²) >= 11 is 0. The molecule has 2 unspecified atom stereocenters. The zero-order valence-electron chi connectivity index (χ0n) is 13.2. The van der Waals surface area contributed by atoms with E-state index in [9.17, 15) is 0 Å². The zero-order valence-corrected chi connectivity index (χ0v) is 13.2. The van der Waals surface area contributed by atoms with Crippen molar-refractivity contribution in [3.8, 4) is 5.75 Å². The Hall–Kier alpha value is -1.02. The van der Waals surface area contributed by atoms with E-state index in [0.29, 0.717) is 5.41 Å². The Labute approximate surface area is 127 Å². The summed E-state index contributed by atoms with van der Waals surface area (Å²) in [5.74, 6) is 2.71. The van der Waals surface area contributed by atoms with Crippen LogP contribution in [-0.4, -0.2) is 19.3 Å². The van der Waals surface area contributed by atoms with Crippen molar-refractivity contribution in [2.75, 3.05) is 13.7 Å². The van der Waals surface area contributed by atoms with E-state index in [2.05, 4.69) is 31.2 Å². The van der Waals surface area contributed by atoms with Crippen molar-refractivity contribution in [2.24, 2.45) is 11.8 Å². The van der Waals surface area contributed by atoms with E-state index in [1.54, 1.807) is 7.11 Å². The predicted molar refractivity (Wildman–Crippen MR) is 83.7 cm³/mol. The van der Waals surface area contributed by atoms with Gasteiger partial charge in [-0.15, -0.1) is 0 Å². The Morgan fingerprint density at radius 3 is 2.29 bits per heavy atom. The third kappa shape index (κ3) is 2.11. The van der Waals surface area contributed by atoms with Gasteiger partial charge in [-0.2, -0.15) is 0 Å². The molecule has 1 aromatic rings. The molecule has 4 saturated carbocycles. The normalized spacial score (nSPS) is 40.5. The van der Waals surface area contributed by atoms with Crippen molar-refractivity contribution in [1.29, 1.82) is 0 Å². The van der Waals surface area contributed by atoms with Crippen LogP contribution in [0.2, 0.25) is 0 Å². The smallest absolute Gasteiger partial charge is 0.118 e. The number of hydrogen-bond donors (Lipinski definition) is 0. The largest absolute Gasteiger partial charge is 0.497 e. The van der Waals surface area contributed by atoms with Gasteiger partial charge in [0, 0.05) is 6.61 Å². The Morgan fingerprint density at radius 2 is 1.71 bits per heavy atom. The van der Waals surface area contributed by atoms with Gasteiger partial charge in [0.1, 0.15) is 5.75 Å². The van der Waals surface area contributed by atoms with E-state index in [1.165, 1.54) is 44.1 Å². The van der Waals surface area contributed by atoms with E-state index >= 15 is 0 Å². The Morgan fingerprint density at radius 1 is 1.05 bits per heavy atom. The van der Waals surface area contributed by atoms with Gasteiger partial charge in [0.25, 0.3) is 0 Å². The second-order valence-electron chi connectivity index (χ2n) is 7.59. The maximum Gasteiger partial charge on any atom is 0.118 e. The monoisotopic (exact) mass is 286 g/mol. The summed E-state index contributed by atoms with van der Waals surface area (Å²) in [6, 6.07) is 8.85. The third-order valence-corrected chi connectivity index (χ3v) is 6.16. The van der Waals surface area contributed by atoms with Gasteiger partial charge in [-0.05, 0) is 80.4 Å². The molecule has 5 rings (SSSR count). The van der Waals surface area contributed by atoms with Gasteiger partial charge in [-0.3, -0.25) is 0 Å². The summed E-state index contributed by atoms with van der Waals surface area (Å²) in [7, 11) is 1.74. The Balaban J connectivity index is 1.69. The summed E-state index contributed by atoms with van der Waals surface area (Å²) in [6.45, 7) is 3.01. The number of methoxy groups -OCH3 is 1. The van der Waals surface area contributed by atoms with Gasteiger partial charge in [0.2, 0.25) is 0 Å². The summed E-state index contributed by atoms with van der Waals surface area (Å²) < 4.78 is 11.6. The number of benzene rings is 1. The third-order valence-electron chi connectivity index (χ3n) is 6.16. The molecule has 0 amide bonds. The molecular formula is C19H26O2. The van der Waals surface area contributed by atoms with E-state index in [4.69, 9.17) is 9.47 Å². The highest BCUT2D eigenvalue weighted by molar-refractivity contribution is 5.35. The van der Waals surface area contributed by atoms with Crippen LogP contribution < -0.4 is 4.74 Å². The van der Waals surface area contributed by atoms with Crippen molar-refractivity contribution < 1.29 is 9.47 Å². The number of hydrogen-bond acceptors (Lipinski definition) is 2. The SMILES string of the molecule is CCOC12CC3CC(C1)CC(c1ccc(OC)cc1)(C3)C2. The van der Waals surface area contributed by atoms with Gasteiger partial charge in [0.05, 0.1) is 12.7 Å². The highest BCUT2D eigenvalue weighted by Crippen LogP contribution is 2.63. The van der Waals surface area contributed by atoms with Crippen LogP contribution in [0.25, 0.3) is 0 Å². The first-order valence-electron chi connectivity index (χ1n) is 8.45. The predicted octanol–water partition coefficient (Wildman–Crippen LogP) is 4.32. The first-order chi connectivity index (χ1) is 10.2. The van der Waals surface area contributed by atoms with Crippen molar-refractivity contribution in [3.63, 3.8) is 0 Å². The molecule has 0 aromatic heterocycles. The fraction of sp³-hybridized carbons (Fsp3) is 0.684. The van der Waals surface area contributed by atoms with Crippen molar-refractivity contribution in [2.45, 2.75) is 56.5 Å². The molecule has 4 fully saturated rings. The standard InChI is InChI=1S/C19H26O2/c1-3-21-19-11-14-8-15(12-19)10-18(9-14,13-19)16-4-6-17(20-2)7-5-16/h4-7,14-15H,3,8-13H2,1-2H3. The lowest BCUT2D eigenvalue weighted by Crippen LogP contribution is -2.58. The molecule has 0 saturated heterocycles. The second kappa shape index (κ2) is 4.74. The summed E-state index contributed by atoms with van der Waals surface area (Å²) in [5.41, 5.74) is 2.06. The van der Waals surface area contributed by atoms with E-state index in [0.717, 1.165) is 24.2 Å². The zero-order chi connectivity index (χ0) is 14.5. The van der Waals surface area contributed by atoms with Gasteiger partial charge in [-0.1, -0.05) is 12.1 Å². The lowest BCUT2D eigenvalue weighted by Gasteiger charge is -2.62. The van der Waals surface area contributed by atoms with Crippen molar-refractivity contribution in [1.82, 2.24) is 0 Å². The fourth-order valence-corrected chi connectivity index (χ4v) is 5.94. The van der Waals surface area contributed by atoms with Crippen LogP contribution in [0, 0.1) is 11.8 Å². The molecule has 2 nitrogen and oxygen atoms in total. The van der Waals surface area contributed by atoms with Crippen LogP contribution in [-0.2, 0) is 10.2 Å². The summed E-state index contributed by atoms with van der Waals surface area (Å²) in [6.07, 6.45) is 8.00. The summed E-state index contributed by atoms with van der Waals surface area (Å²) in [5, 5.41) is 0. The lowest BCUT2D eigenvalue weighted by molar-refractivity contribution is -0.169. The van der Waals surface area contributed by atoms with Gasteiger partial charge in [0.15, 0.2) is 0 Å². The molecule has 2 heteroatoms. The molecule has 4 aliphatic rings. The van der Waals surface area contributed by atoms with Crippen LogP contribution in [0.5, 0.6) is 5.75 Å². The molecule has 4 bridgehead atoms. The van der Waals surface area contributed by atoms with E-state index < -0.39 is 0 Å². The first kappa shape index (κ1) is 13.6. The minimum atomic E-state index is 0.179. The van der Waals surface area contributed by atoms with E-state index in [1.807, 2.05) is 0 Å². The number of rotatable bonds is 4. The van der Waals surface area contributed by atoms with Crippen molar-refractivity contribution >= 4 is 0 Å². The van der Waals surface area contributed by atoms with Gasteiger partial charge < -0.3 is 9.47 Å². The van der Waals surface area contributed by atoms with Crippen molar-refractivity contribution in [3.05, 3.63) is 29.8 Å². The molecule has 21 heavy (non-hydrogen) atoms. The van der Waals surface area contributed by atoms with E-state index in [-0.39, 0.29) is 5.60 Å². The quantitative estimate of drug-likeness (QED) is 0.820. The molecule has 0 heterocycles. The highest BCUT2D eigenvalue weighted by atomic mass is 16.5. The Bertz CT molecular complexity index is 505. The maximum absolute atomic E-state index is 6.31. The second-order valence-corrected chi connectivity index (χ2v) is 7.59. The topological polar surface area (TPSA) is 18.5 Å². The van der Waals surface area contributed by atoms with Gasteiger partial charge in [-0.25, -0.2) is 0 Å². The van der Waals surface area contributed by atoms with Crippen LogP contribution in [0.1, 0.15) is 51.0 Å². The maximum atomic E-state index is 6.31. The Kier molecular flexibility index (Phi) is 3.08.